The van der Waals surface area contributed by atoms with E-state index in [4.69, 9.17) is 30.3 Å². The highest BCUT2D eigenvalue weighted by atomic mass is 35.5. The molecule has 4 nitrogen and oxygen atoms in total. The quantitative estimate of drug-likeness (QED) is 0.630. The Balaban J connectivity index is 0.000000324. The molecule has 144 valence electrons. The summed E-state index contributed by atoms with van der Waals surface area (Å²) in [4.78, 5) is 0. The van der Waals surface area contributed by atoms with Crippen molar-refractivity contribution in [1.29, 1.82) is 0 Å². The van der Waals surface area contributed by atoms with E-state index in [1.165, 1.54) is 12.8 Å². The fourth-order valence-electron chi connectivity index (χ4n) is 3.55. The van der Waals surface area contributed by atoms with Gasteiger partial charge in [0.15, 0.2) is 0 Å². The molecular weight excluding hydrogens is 356 g/mol. The lowest BCUT2D eigenvalue weighted by atomic mass is 10.1. The van der Waals surface area contributed by atoms with Crippen molar-refractivity contribution in [1.82, 2.24) is 0 Å². The van der Waals surface area contributed by atoms with E-state index >= 15 is 0 Å². The number of phenolic OH excluding ortho intramolecular Hbond substituents is 1. The molecule has 1 unspecified atom stereocenters. The molecule has 0 aromatic heterocycles. The number of ether oxygens (including phenoxy) is 1. The molecule has 0 saturated carbocycles. The second kappa shape index (κ2) is 11.2. The van der Waals surface area contributed by atoms with Crippen LogP contribution in [0.4, 0.5) is 0 Å². The van der Waals surface area contributed by atoms with Crippen molar-refractivity contribution in [2.24, 2.45) is 0 Å². The summed E-state index contributed by atoms with van der Waals surface area (Å²) >= 11 is 5.50. The molecule has 1 atom stereocenters. The maximum Gasteiger partial charge on any atom is 0.371 e. The van der Waals surface area contributed by atoms with Gasteiger partial charge in [0.25, 0.3) is 0 Å². The summed E-state index contributed by atoms with van der Waals surface area (Å²) in [5.41, 5.74) is 0. The maximum absolute atomic E-state index is 8.70. The summed E-state index contributed by atoms with van der Waals surface area (Å²) in [5.74, 6) is 0.245. The summed E-state index contributed by atoms with van der Waals surface area (Å²) in [7, 11) is -2.21. The lowest BCUT2D eigenvalue weighted by Crippen LogP contribution is -2.65. The van der Waals surface area contributed by atoms with Crippen molar-refractivity contribution in [2.45, 2.75) is 64.6 Å². The number of hydrogen-bond donors (Lipinski definition) is 1. The topological polar surface area (TPSA) is 47.9 Å². The van der Waals surface area contributed by atoms with Crippen LogP contribution in [-0.2, 0) is 13.6 Å². The molecule has 1 aromatic carbocycles. The Morgan fingerprint density at radius 1 is 1.00 bits per heavy atom. The Hall–Kier alpha value is -0.593. The van der Waals surface area contributed by atoms with Crippen molar-refractivity contribution < 1.29 is 18.7 Å². The van der Waals surface area contributed by atoms with Crippen LogP contribution in [0.15, 0.2) is 24.3 Å². The molecule has 1 aromatic rings. The van der Waals surface area contributed by atoms with Crippen LogP contribution in [0.3, 0.4) is 0 Å². The Bertz CT molecular complexity index is 446. The Kier molecular flexibility index (Phi) is 10.0. The van der Waals surface area contributed by atoms with Gasteiger partial charge in [0, 0.05) is 24.8 Å². The molecule has 1 aliphatic rings. The first-order chi connectivity index (χ1) is 12.0. The lowest BCUT2D eigenvalue weighted by Gasteiger charge is -2.49. The monoisotopic (exact) mass is 388 g/mol. The average Bonchev–Trinajstić information content (AvgIpc) is 2.61. The Morgan fingerprint density at radius 3 is 2.04 bits per heavy atom. The molecule has 1 fully saturated rings. The van der Waals surface area contributed by atoms with E-state index < -0.39 is 8.56 Å². The van der Waals surface area contributed by atoms with Crippen LogP contribution in [0, 0.1) is 0 Å². The van der Waals surface area contributed by atoms with Gasteiger partial charge in [0.1, 0.15) is 11.0 Å². The molecule has 1 aliphatic heterocycles. The van der Waals surface area contributed by atoms with Gasteiger partial charge in [-0.1, -0.05) is 31.4 Å². The van der Waals surface area contributed by atoms with E-state index in [1.54, 1.807) is 24.3 Å². The van der Waals surface area contributed by atoms with Crippen LogP contribution in [0.5, 0.6) is 5.75 Å². The van der Waals surface area contributed by atoms with E-state index in [0.717, 1.165) is 38.7 Å². The van der Waals surface area contributed by atoms with Gasteiger partial charge in [-0.15, -0.1) is 0 Å². The third kappa shape index (κ3) is 5.96. The molecule has 0 radical (unpaired) electrons. The zero-order valence-electron chi connectivity index (χ0n) is 16.0. The second-order valence-corrected chi connectivity index (χ2v) is 10.0. The number of aromatic hydroxyl groups is 1. The van der Waals surface area contributed by atoms with Gasteiger partial charge >= 0.3 is 8.56 Å². The van der Waals surface area contributed by atoms with Crippen molar-refractivity contribution in [3.8, 4) is 5.75 Å². The number of benzene rings is 1. The first kappa shape index (κ1) is 22.4. The molecule has 25 heavy (non-hydrogen) atoms. The van der Waals surface area contributed by atoms with Crippen molar-refractivity contribution in [3.05, 3.63) is 29.3 Å². The SMILES string of the molecule is CCOC1(CC)CCCC[Si]1(OCC)OCC.Oc1ccc(Cl)cc1. The third-order valence-electron chi connectivity index (χ3n) is 4.60. The maximum atomic E-state index is 8.70. The number of phenols is 1. The van der Waals surface area contributed by atoms with E-state index in [1.807, 2.05) is 0 Å². The van der Waals surface area contributed by atoms with Gasteiger partial charge in [0.05, 0.1) is 0 Å². The number of halogens is 1. The summed E-state index contributed by atoms with van der Waals surface area (Å²) in [6.07, 6.45) is 4.57. The summed E-state index contributed by atoms with van der Waals surface area (Å²) in [6, 6.07) is 7.45. The molecule has 1 N–H and O–H groups in total. The van der Waals surface area contributed by atoms with E-state index in [-0.39, 0.29) is 11.0 Å². The Labute approximate surface area is 158 Å². The molecule has 0 spiro atoms. The molecule has 1 saturated heterocycles. The van der Waals surface area contributed by atoms with Gasteiger partial charge < -0.3 is 18.7 Å². The Morgan fingerprint density at radius 2 is 1.60 bits per heavy atom. The second-order valence-electron chi connectivity index (χ2n) is 6.08. The molecule has 0 aliphatic carbocycles. The molecule has 2 rings (SSSR count). The highest BCUT2D eigenvalue weighted by Crippen LogP contribution is 2.42. The van der Waals surface area contributed by atoms with Gasteiger partial charge in [-0.3, -0.25) is 0 Å². The van der Waals surface area contributed by atoms with Gasteiger partial charge in [-0.2, -0.15) is 0 Å². The van der Waals surface area contributed by atoms with Crippen LogP contribution in [0.25, 0.3) is 0 Å². The van der Waals surface area contributed by atoms with Crippen LogP contribution in [0.1, 0.15) is 53.4 Å². The lowest BCUT2D eigenvalue weighted by molar-refractivity contribution is -0.0426. The smallest absolute Gasteiger partial charge is 0.371 e. The van der Waals surface area contributed by atoms with Crippen molar-refractivity contribution >= 4 is 20.2 Å². The third-order valence-corrected chi connectivity index (χ3v) is 9.51. The zero-order valence-corrected chi connectivity index (χ0v) is 17.8. The summed E-state index contributed by atoms with van der Waals surface area (Å²) < 4.78 is 18.5. The van der Waals surface area contributed by atoms with Gasteiger partial charge in [-0.25, -0.2) is 0 Å². The predicted molar refractivity (Wildman–Crippen MR) is 105 cm³/mol. The normalized spacial score (nSPS) is 22.1. The van der Waals surface area contributed by atoms with Crippen LogP contribution < -0.4 is 0 Å². The fourth-order valence-corrected chi connectivity index (χ4v) is 8.14. The minimum atomic E-state index is -2.21. The first-order valence-corrected chi connectivity index (χ1v) is 11.8. The van der Waals surface area contributed by atoms with E-state index in [2.05, 4.69) is 27.7 Å². The zero-order chi connectivity index (χ0) is 18.8. The number of hydrogen-bond acceptors (Lipinski definition) is 4. The largest absolute Gasteiger partial charge is 0.508 e. The van der Waals surface area contributed by atoms with E-state index in [9.17, 15) is 0 Å². The van der Waals surface area contributed by atoms with Gasteiger partial charge in [-0.05, 0) is 63.9 Å². The highest BCUT2D eigenvalue weighted by molar-refractivity contribution is 6.70. The molecule has 6 heteroatoms. The molecular formula is C19H33ClO4Si. The minimum absolute atomic E-state index is 0.119. The fraction of sp³-hybridized carbons (Fsp3) is 0.684. The van der Waals surface area contributed by atoms with Crippen LogP contribution >= 0.6 is 11.6 Å². The van der Waals surface area contributed by atoms with Crippen molar-refractivity contribution in [2.75, 3.05) is 19.8 Å². The minimum Gasteiger partial charge on any atom is -0.508 e. The molecule has 0 amide bonds. The predicted octanol–water partition coefficient (Wildman–Crippen LogP) is 5.46. The molecule has 1 heterocycles. The van der Waals surface area contributed by atoms with Crippen LogP contribution in [0.2, 0.25) is 11.1 Å². The average molecular weight is 389 g/mol. The summed E-state index contributed by atoms with van der Waals surface area (Å²) in [6.45, 7) is 10.6. The first-order valence-electron chi connectivity index (χ1n) is 9.35. The van der Waals surface area contributed by atoms with Gasteiger partial charge in [0.2, 0.25) is 0 Å². The van der Waals surface area contributed by atoms with Crippen molar-refractivity contribution in [3.63, 3.8) is 0 Å². The summed E-state index contributed by atoms with van der Waals surface area (Å²) in [5, 5.41) is 9.22. The number of rotatable bonds is 7. The van der Waals surface area contributed by atoms with E-state index in [0.29, 0.717) is 5.02 Å². The molecule has 0 bridgehead atoms. The van der Waals surface area contributed by atoms with Crippen LogP contribution in [-0.4, -0.2) is 38.7 Å². The highest BCUT2D eigenvalue weighted by Gasteiger charge is 2.58. The standard InChI is InChI=1S/C13H28O3Si.C6H5ClO/c1-5-13(14-6-2)11-9-10-12-17(13,15-7-3)16-8-4;7-5-1-3-6(8)4-2-5/h5-12H2,1-4H3;1-4,8H.